The first-order valence-electron chi connectivity index (χ1n) is 5.72. The van der Waals surface area contributed by atoms with Gasteiger partial charge in [-0.1, -0.05) is 12.1 Å². The normalized spacial score (nSPS) is 10.9. The third kappa shape index (κ3) is 1.72. The molecule has 3 rings (SSSR count). The topological polar surface area (TPSA) is 48.0 Å². The van der Waals surface area contributed by atoms with E-state index >= 15 is 0 Å². The largest absolute Gasteiger partial charge is 0.458 e. The summed E-state index contributed by atoms with van der Waals surface area (Å²) in [5.74, 6) is 2.02. The molecule has 1 aromatic carbocycles. The minimum Gasteiger partial charge on any atom is -0.458 e. The molecule has 90 valence electrons. The summed E-state index contributed by atoms with van der Waals surface area (Å²) >= 11 is 0. The molecule has 0 unspecified atom stereocenters. The number of furan rings is 1. The Morgan fingerprint density at radius 3 is 2.83 bits per heavy atom. The average molecular weight is 240 g/mol. The summed E-state index contributed by atoms with van der Waals surface area (Å²) in [6, 6.07) is 11.5. The maximum atomic E-state index is 10.6. The summed E-state index contributed by atoms with van der Waals surface area (Å²) in [6.45, 7) is 0. The van der Waals surface area contributed by atoms with E-state index in [1.165, 1.54) is 0 Å². The molecule has 2 aromatic heterocycles. The van der Waals surface area contributed by atoms with Crippen LogP contribution in [0.25, 0.3) is 11.0 Å². The van der Waals surface area contributed by atoms with Crippen molar-refractivity contribution in [2.45, 2.75) is 6.42 Å². The highest BCUT2D eigenvalue weighted by Crippen LogP contribution is 2.17. The van der Waals surface area contributed by atoms with Gasteiger partial charge in [-0.2, -0.15) is 0 Å². The van der Waals surface area contributed by atoms with Crippen LogP contribution in [0.15, 0.2) is 40.8 Å². The van der Waals surface area contributed by atoms with Crippen LogP contribution in [0.1, 0.15) is 22.1 Å². The fourth-order valence-corrected chi connectivity index (χ4v) is 2.06. The van der Waals surface area contributed by atoms with Crippen LogP contribution in [-0.4, -0.2) is 15.8 Å². The molecule has 4 nitrogen and oxygen atoms in total. The molecule has 2 heterocycles. The van der Waals surface area contributed by atoms with E-state index in [1.54, 1.807) is 6.07 Å². The number of benzene rings is 1. The Labute approximate surface area is 104 Å². The van der Waals surface area contributed by atoms with E-state index in [2.05, 4.69) is 4.98 Å². The number of nitrogens with zero attached hydrogens (tertiary/aromatic N) is 2. The second kappa shape index (κ2) is 4.14. The van der Waals surface area contributed by atoms with Gasteiger partial charge in [0.15, 0.2) is 12.0 Å². The first-order valence-corrected chi connectivity index (χ1v) is 5.72. The molecule has 0 fully saturated rings. The Morgan fingerprint density at radius 1 is 1.28 bits per heavy atom. The number of para-hydroxylation sites is 2. The molecule has 3 aromatic rings. The zero-order valence-corrected chi connectivity index (χ0v) is 9.96. The number of hydrogen-bond donors (Lipinski definition) is 0. The predicted molar refractivity (Wildman–Crippen MR) is 67.6 cm³/mol. The van der Waals surface area contributed by atoms with Crippen LogP contribution in [0.4, 0.5) is 0 Å². The van der Waals surface area contributed by atoms with Crippen molar-refractivity contribution in [3.05, 3.63) is 53.7 Å². The smallest absolute Gasteiger partial charge is 0.185 e. The second-order valence-electron chi connectivity index (χ2n) is 4.17. The van der Waals surface area contributed by atoms with Gasteiger partial charge in [0, 0.05) is 7.05 Å². The number of aromatic nitrogens is 2. The van der Waals surface area contributed by atoms with Gasteiger partial charge >= 0.3 is 0 Å². The number of rotatable bonds is 3. The molecule has 0 aliphatic heterocycles. The fraction of sp³-hybridized carbons (Fsp3) is 0.143. The maximum absolute atomic E-state index is 10.6. The van der Waals surface area contributed by atoms with E-state index in [0.717, 1.165) is 22.6 Å². The van der Waals surface area contributed by atoms with Crippen LogP contribution in [0.3, 0.4) is 0 Å². The molecule has 0 atom stereocenters. The monoisotopic (exact) mass is 240 g/mol. The van der Waals surface area contributed by atoms with Crippen LogP contribution >= 0.6 is 0 Å². The van der Waals surface area contributed by atoms with Crippen LogP contribution in [0.5, 0.6) is 0 Å². The van der Waals surface area contributed by atoms with E-state index in [1.807, 2.05) is 41.9 Å². The summed E-state index contributed by atoms with van der Waals surface area (Å²) in [7, 11) is 1.98. The summed E-state index contributed by atoms with van der Waals surface area (Å²) in [5, 5.41) is 0. The average Bonchev–Trinajstić information content (AvgIpc) is 2.97. The molecule has 0 aliphatic carbocycles. The first-order chi connectivity index (χ1) is 8.78. The predicted octanol–water partition coefficient (Wildman–Crippen LogP) is 2.57. The van der Waals surface area contributed by atoms with Crippen molar-refractivity contribution < 1.29 is 9.21 Å². The zero-order valence-electron chi connectivity index (χ0n) is 9.96. The standard InChI is InChI=1S/C14H12N2O2/c1-16-13-5-3-2-4-12(13)15-14(16)8-10-6-7-11(9-17)18-10/h2-7,9H,8H2,1H3. The number of fused-ring (bicyclic) bond motifs is 1. The summed E-state index contributed by atoms with van der Waals surface area (Å²) in [4.78, 5) is 15.1. The van der Waals surface area contributed by atoms with Gasteiger partial charge in [-0.15, -0.1) is 0 Å². The van der Waals surface area contributed by atoms with Gasteiger partial charge in [0.05, 0.1) is 17.5 Å². The van der Waals surface area contributed by atoms with Crippen molar-refractivity contribution in [1.29, 1.82) is 0 Å². The number of carbonyl (C=O) groups is 1. The lowest BCUT2D eigenvalue weighted by Crippen LogP contribution is -1.98. The van der Waals surface area contributed by atoms with E-state index < -0.39 is 0 Å². The zero-order chi connectivity index (χ0) is 12.5. The molecule has 0 saturated heterocycles. The SMILES string of the molecule is Cn1c(Cc2ccc(C=O)o2)nc2ccccc21. The quantitative estimate of drug-likeness (QED) is 0.661. The highest BCUT2D eigenvalue weighted by molar-refractivity contribution is 5.75. The Hall–Kier alpha value is -2.36. The van der Waals surface area contributed by atoms with Gasteiger partial charge in [-0.3, -0.25) is 4.79 Å². The molecule has 0 amide bonds. The van der Waals surface area contributed by atoms with Gasteiger partial charge in [-0.25, -0.2) is 4.98 Å². The Morgan fingerprint density at radius 2 is 2.11 bits per heavy atom. The fourth-order valence-electron chi connectivity index (χ4n) is 2.06. The number of hydrogen-bond acceptors (Lipinski definition) is 3. The van der Waals surface area contributed by atoms with Crippen molar-refractivity contribution in [3.63, 3.8) is 0 Å². The molecule has 0 saturated carbocycles. The van der Waals surface area contributed by atoms with Crippen LogP contribution < -0.4 is 0 Å². The van der Waals surface area contributed by atoms with Crippen molar-refractivity contribution in [2.24, 2.45) is 7.05 Å². The molecule has 0 radical (unpaired) electrons. The number of aldehydes is 1. The molecule has 18 heavy (non-hydrogen) atoms. The first kappa shape index (κ1) is 10.8. The maximum Gasteiger partial charge on any atom is 0.185 e. The van der Waals surface area contributed by atoms with Crippen molar-refractivity contribution in [1.82, 2.24) is 9.55 Å². The Kier molecular flexibility index (Phi) is 2.48. The minimum atomic E-state index is 0.351. The van der Waals surface area contributed by atoms with E-state index in [0.29, 0.717) is 18.5 Å². The molecule has 0 N–H and O–H groups in total. The molecule has 0 bridgehead atoms. The highest BCUT2D eigenvalue weighted by Gasteiger charge is 2.10. The van der Waals surface area contributed by atoms with Crippen molar-refractivity contribution in [2.75, 3.05) is 0 Å². The van der Waals surface area contributed by atoms with Crippen LogP contribution in [0.2, 0.25) is 0 Å². The summed E-state index contributed by atoms with van der Waals surface area (Å²) < 4.78 is 7.41. The van der Waals surface area contributed by atoms with Gasteiger partial charge in [-0.05, 0) is 24.3 Å². The van der Waals surface area contributed by atoms with Gasteiger partial charge in [0.2, 0.25) is 0 Å². The molecular formula is C14H12N2O2. The number of aryl methyl sites for hydroxylation is 1. The third-order valence-corrected chi connectivity index (χ3v) is 3.01. The number of carbonyl (C=O) groups excluding carboxylic acids is 1. The van der Waals surface area contributed by atoms with Gasteiger partial charge < -0.3 is 8.98 Å². The van der Waals surface area contributed by atoms with Gasteiger partial charge in [0.1, 0.15) is 11.6 Å². The molecular weight excluding hydrogens is 228 g/mol. The lowest BCUT2D eigenvalue weighted by atomic mass is 10.3. The second-order valence-corrected chi connectivity index (χ2v) is 4.17. The summed E-state index contributed by atoms with van der Waals surface area (Å²) in [5.41, 5.74) is 2.06. The van der Waals surface area contributed by atoms with Crippen LogP contribution in [-0.2, 0) is 13.5 Å². The molecule has 4 heteroatoms. The van der Waals surface area contributed by atoms with Crippen molar-refractivity contribution >= 4 is 17.3 Å². The highest BCUT2D eigenvalue weighted by atomic mass is 16.3. The van der Waals surface area contributed by atoms with Gasteiger partial charge in [0.25, 0.3) is 0 Å². The lowest BCUT2D eigenvalue weighted by Gasteiger charge is -1.99. The summed E-state index contributed by atoms with van der Waals surface area (Å²) in [6.07, 6.45) is 1.29. The van der Waals surface area contributed by atoms with E-state index in [4.69, 9.17) is 4.42 Å². The Balaban J connectivity index is 1.99. The minimum absolute atomic E-state index is 0.351. The molecule has 0 aliphatic rings. The molecule has 0 spiro atoms. The lowest BCUT2D eigenvalue weighted by molar-refractivity contribution is 0.109. The van der Waals surface area contributed by atoms with E-state index in [-0.39, 0.29) is 0 Å². The third-order valence-electron chi connectivity index (χ3n) is 3.01. The van der Waals surface area contributed by atoms with Crippen molar-refractivity contribution in [3.8, 4) is 0 Å². The van der Waals surface area contributed by atoms with E-state index in [9.17, 15) is 4.79 Å². The Bertz CT molecular complexity index is 709. The van der Waals surface area contributed by atoms with Crippen LogP contribution in [0, 0.1) is 0 Å². The number of imidazole rings is 1.